The number of rotatable bonds is 10. The minimum atomic E-state index is -3.81. The van der Waals surface area contributed by atoms with E-state index in [-0.39, 0.29) is 5.56 Å². The molecule has 6 heteroatoms. The molecule has 180 valence electrons. The fourth-order valence-corrected chi connectivity index (χ4v) is 6.03. The first-order valence-corrected chi connectivity index (χ1v) is 13.3. The number of carbonyl (C=O) groups is 1. The van der Waals surface area contributed by atoms with Crippen molar-refractivity contribution in [1.82, 2.24) is 0 Å². The zero-order chi connectivity index (χ0) is 24.8. The highest BCUT2D eigenvalue weighted by Crippen LogP contribution is 2.32. The number of unbranched alkanes of at least 4 members (excludes halogenated alkanes) is 1. The lowest BCUT2D eigenvalue weighted by molar-refractivity contribution is 0.0697. The predicted molar refractivity (Wildman–Crippen MR) is 141 cm³/mol. The zero-order valence-electron chi connectivity index (χ0n) is 19.7. The summed E-state index contributed by atoms with van der Waals surface area (Å²) in [6, 6.07) is 27.4. The molecule has 0 fully saturated rings. The summed E-state index contributed by atoms with van der Waals surface area (Å²) in [5.74, 6) is -0.952. The van der Waals surface area contributed by atoms with Gasteiger partial charge in [-0.3, -0.25) is 4.31 Å². The molecule has 0 aliphatic rings. The molecule has 0 unspecified atom stereocenters. The summed E-state index contributed by atoms with van der Waals surface area (Å²) in [6.45, 7) is 2.45. The fourth-order valence-electron chi connectivity index (χ4n) is 4.27. The van der Waals surface area contributed by atoms with Gasteiger partial charge in [0.25, 0.3) is 10.0 Å². The molecule has 4 aromatic rings. The standard InChI is InChI=1S/C29H29NO4S/c1-2-3-21-30(35(33,34)28-14-8-11-23-9-4-6-12-26(23)28)27-13-7-5-10-24(27)18-15-22-16-19-25(20-17-22)29(31)32/h4-14,16-17,19-20H,2-3,15,18,21H2,1H3,(H,31,32). The molecule has 0 saturated carbocycles. The van der Waals surface area contributed by atoms with Crippen molar-refractivity contribution in [2.75, 3.05) is 10.8 Å². The van der Waals surface area contributed by atoms with Gasteiger partial charge in [-0.05, 0) is 60.0 Å². The van der Waals surface area contributed by atoms with Gasteiger partial charge in [0, 0.05) is 11.9 Å². The summed E-state index contributed by atoms with van der Waals surface area (Å²) in [6.07, 6.45) is 2.93. The number of nitrogens with zero attached hydrogens (tertiary/aromatic N) is 1. The number of para-hydroxylation sites is 1. The summed E-state index contributed by atoms with van der Waals surface area (Å²) in [4.78, 5) is 11.4. The summed E-state index contributed by atoms with van der Waals surface area (Å²) < 4.78 is 29.7. The lowest BCUT2D eigenvalue weighted by Crippen LogP contribution is -2.33. The number of aryl methyl sites for hydroxylation is 2. The van der Waals surface area contributed by atoms with Gasteiger partial charge in [-0.15, -0.1) is 0 Å². The Kier molecular flexibility index (Phi) is 7.51. The normalized spacial score (nSPS) is 11.5. The summed E-state index contributed by atoms with van der Waals surface area (Å²) in [5.41, 5.74) is 2.88. The van der Waals surface area contributed by atoms with Crippen LogP contribution in [0.4, 0.5) is 5.69 Å². The number of benzene rings is 4. The number of fused-ring (bicyclic) bond motifs is 1. The van der Waals surface area contributed by atoms with E-state index < -0.39 is 16.0 Å². The Balaban J connectivity index is 1.70. The van der Waals surface area contributed by atoms with Crippen LogP contribution in [0, 0.1) is 0 Å². The largest absolute Gasteiger partial charge is 0.478 e. The minimum absolute atomic E-state index is 0.251. The molecule has 4 rings (SSSR count). The van der Waals surface area contributed by atoms with Crippen LogP contribution in [0.15, 0.2) is 95.9 Å². The Labute approximate surface area is 206 Å². The van der Waals surface area contributed by atoms with E-state index in [9.17, 15) is 13.2 Å². The first-order chi connectivity index (χ1) is 16.9. The van der Waals surface area contributed by atoms with Gasteiger partial charge >= 0.3 is 5.97 Å². The van der Waals surface area contributed by atoms with Crippen molar-refractivity contribution >= 4 is 32.5 Å². The van der Waals surface area contributed by atoms with Gasteiger partial charge in [0.2, 0.25) is 0 Å². The summed E-state index contributed by atoms with van der Waals surface area (Å²) in [7, 11) is -3.81. The van der Waals surface area contributed by atoms with Crippen molar-refractivity contribution in [2.45, 2.75) is 37.5 Å². The molecule has 0 aliphatic carbocycles. The van der Waals surface area contributed by atoms with E-state index in [0.717, 1.165) is 29.4 Å². The highest BCUT2D eigenvalue weighted by Gasteiger charge is 2.27. The molecule has 0 heterocycles. The van der Waals surface area contributed by atoms with Crippen LogP contribution in [0.25, 0.3) is 10.8 Å². The van der Waals surface area contributed by atoms with Gasteiger partial charge in [-0.1, -0.05) is 80.1 Å². The van der Waals surface area contributed by atoms with Gasteiger partial charge < -0.3 is 5.11 Å². The van der Waals surface area contributed by atoms with Gasteiger partial charge in [0.1, 0.15) is 0 Å². The molecule has 0 spiro atoms. The Hall–Kier alpha value is -3.64. The average Bonchev–Trinajstić information content (AvgIpc) is 2.88. The second kappa shape index (κ2) is 10.7. The Bertz CT molecular complexity index is 1420. The highest BCUT2D eigenvalue weighted by molar-refractivity contribution is 7.93. The maximum absolute atomic E-state index is 14.1. The van der Waals surface area contributed by atoms with Crippen LogP contribution in [0.2, 0.25) is 0 Å². The first kappa shape index (κ1) is 24.5. The molecular weight excluding hydrogens is 458 g/mol. The summed E-state index contributed by atoms with van der Waals surface area (Å²) in [5, 5.41) is 10.7. The van der Waals surface area contributed by atoms with E-state index in [1.807, 2.05) is 66.7 Å². The van der Waals surface area contributed by atoms with Crippen molar-refractivity contribution in [1.29, 1.82) is 0 Å². The van der Waals surface area contributed by atoms with Gasteiger partial charge in [0.05, 0.1) is 16.1 Å². The first-order valence-electron chi connectivity index (χ1n) is 11.8. The van der Waals surface area contributed by atoms with Crippen LogP contribution in [0.1, 0.15) is 41.3 Å². The van der Waals surface area contributed by atoms with Gasteiger partial charge in [-0.25, -0.2) is 13.2 Å². The van der Waals surface area contributed by atoms with Crippen LogP contribution in [-0.4, -0.2) is 26.0 Å². The Morgan fingerprint density at radius 1 is 0.829 bits per heavy atom. The van der Waals surface area contributed by atoms with Crippen molar-refractivity contribution in [2.24, 2.45) is 0 Å². The molecule has 0 aromatic heterocycles. The third-order valence-corrected chi connectivity index (χ3v) is 8.05. The monoisotopic (exact) mass is 487 g/mol. The number of aromatic carboxylic acids is 1. The third-order valence-electron chi connectivity index (χ3n) is 6.18. The number of carboxylic acids is 1. The summed E-state index contributed by atoms with van der Waals surface area (Å²) >= 11 is 0. The quantitative estimate of drug-likeness (QED) is 0.284. The maximum Gasteiger partial charge on any atom is 0.335 e. The lowest BCUT2D eigenvalue weighted by Gasteiger charge is -2.27. The number of carboxylic acid groups (broad SMARTS) is 1. The number of hydrogen-bond acceptors (Lipinski definition) is 3. The predicted octanol–water partition coefficient (Wildman–Crippen LogP) is 6.32. The second-order valence-electron chi connectivity index (χ2n) is 8.54. The van der Waals surface area contributed by atoms with E-state index in [1.54, 1.807) is 28.6 Å². The van der Waals surface area contributed by atoms with E-state index in [0.29, 0.717) is 35.4 Å². The number of sulfonamides is 1. The van der Waals surface area contributed by atoms with Gasteiger partial charge in [0.15, 0.2) is 0 Å². The molecule has 0 aliphatic heterocycles. The van der Waals surface area contributed by atoms with Crippen LogP contribution < -0.4 is 4.31 Å². The fraction of sp³-hybridized carbons (Fsp3) is 0.207. The topological polar surface area (TPSA) is 74.7 Å². The SMILES string of the molecule is CCCCN(c1ccccc1CCc1ccc(C(=O)O)cc1)S(=O)(=O)c1cccc2ccccc12. The Morgan fingerprint density at radius 2 is 1.51 bits per heavy atom. The van der Waals surface area contributed by atoms with E-state index >= 15 is 0 Å². The van der Waals surface area contributed by atoms with Crippen molar-refractivity contribution < 1.29 is 18.3 Å². The second-order valence-corrected chi connectivity index (χ2v) is 10.4. The Morgan fingerprint density at radius 3 is 2.26 bits per heavy atom. The molecule has 0 bridgehead atoms. The highest BCUT2D eigenvalue weighted by atomic mass is 32.2. The molecule has 0 amide bonds. The van der Waals surface area contributed by atoms with E-state index in [4.69, 9.17) is 5.11 Å². The van der Waals surface area contributed by atoms with E-state index in [1.165, 1.54) is 0 Å². The zero-order valence-corrected chi connectivity index (χ0v) is 20.5. The van der Waals surface area contributed by atoms with Crippen molar-refractivity contribution in [3.05, 3.63) is 108 Å². The molecule has 4 aromatic carbocycles. The maximum atomic E-state index is 14.1. The van der Waals surface area contributed by atoms with E-state index in [2.05, 4.69) is 6.92 Å². The molecule has 5 nitrogen and oxygen atoms in total. The van der Waals surface area contributed by atoms with Crippen LogP contribution in [-0.2, 0) is 22.9 Å². The third kappa shape index (κ3) is 5.38. The molecular formula is C29H29NO4S. The lowest BCUT2D eigenvalue weighted by atomic mass is 10.0. The molecule has 0 radical (unpaired) electrons. The van der Waals surface area contributed by atoms with Crippen molar-refractivity contribution in [3.63, 3.8) is 0 Å². The molecule has 0 saturated heterocycles. The number of hydrogen-bond donors (Lipinski definition) is 1. The average molecular weight is 488 g/mol. The van der Waals surface area contributed by atoms with Crippen LogP contribution in [0.5, 0.6) is 0 Å². The van der Waals surface area contributed by atoms with Gasteiger partial charge in [-0.2, -0.15) is 0 Å². The molecule has 35 heavy (non-hydrogen) atoms. The van der Waals surface area contributed by atoms with Crippen LogP contribution in [0.3, 0.4) is 0 Å². The van der Waals surface area contributed by atoms with Crippen LogP contribution >= 0.6 is 0 Å². The molecule has 0 atom stereocenters. The number of anilines is 1. The van der Waals surface area contributed by atoms with Crippen molar-refractivity contribution in [3.8, 4) is 0 Å². The smallest absolute Gasteiger partial charge is 0.335 e. The minimum Gasteiger partial charge on any atom is -0.478 e. The molecule has 1 N–H and O–H groups in total.